The first kappa shape index (κ1) is 30.2. The van der Waals surface area contributed by atoms with Crippen molar-refractivity contribution >= 4 is 35.2 Å². The lowest BCUT2D eigenvalue weighted by atomic mass is 9.76. The smallest absolute Gasteiger partial charge is 0.405 e. The molecule has 2 aliphatic heterocycles. The van der Waals surface area contributed by atoms with Crippen molar-refractivity contribution in [1.82, 2.24) is 9.80 Å². The van der Waals surface area contributed by atoms with Gasteiger partial charge in [-0.05, 0) is 48.7 Å². The average molecular weight is 611 g/mol. The van der Waals surface area contributed by atoms with Crippen molar-refractivity contribution in [2.24, 2.45) is 5.73 Å². The molecule has 5 rings (SSSR count). The van der Waals surface area contributed by atoms with Crippen LogP contribution in [0.5, 0.6) is 5.75 Å². The zero-order chi connectivity index (χ0) is 29.7. The Labute approximate surface area is 257 Å². The molecule has 1 unspecified atom stereocenters. The van der Waals surface area contributed by atoms with Crippen LogP contribution in [0.4, 0.5) is 4.79 Å². The first-order valence-corrected chi connectivity index (χ1v) is 15.1. The molecule has 0 aromatic heterocycles. The molecule has 2 amide bonds. The Morgan fingerprint density at radius 1 is 0.881 bits per heavy atom. The summed E-state index contributed by atoms with van der Waals surface area (Å²) < 4.78 is 11.2. The third-order valence-electron chi connectivity index (χ3n) is 8.94. The van der Waals surface area contributed by atoms with Crippen LogP contribution in [0.2, 0.25) is 10.0 Å². The quantitative estimate of drug-likeness (QED) is 0.312. The van der Waals surface area contributed by atoms with Crippen molar-refractivity contribution in [2.45, 2.75) is 43.1 Å². The van der Waals surface area contributed by atoms with Crippen molar-refractivity contribution in [2.75, 3.05) is 39.8 Å². The zero-order valence-electron chi connectivity index (χ0n) is 23.9. The number of carbonyl (C=O) groups excluding carboxylic acids is 2. The number of rotatable bonds is 9. The molecule has 2 fully saturated rings. The molecule has 0 bridgehead atoms. The van der Waals surface area contributed by atoms with E-state index in [4.69, 9.17) is 38.4 Å². The van der Waals surface area contributed by atoms with Gasteiger partial charge in [0, 0.05) is 50.0 Å². The molecule has 0 aliphatic carbocycles. The predicted molar refractivity (Wildman–Crippen MR) is 165 cm³/mol. The second-order valence-corrected chi connectivity index (χ2v) is 12.2. The first-order valence-electron chi connectivity index (χ1n) is 14.4. The number of nitrogens with zero attached hydrogens (tertiary/aromatic N) is 2. The summed E-state index contributed by atoms with van der Waals surface area (Å²) in [7, 11) is 1.62. The lowest BCUT2D eigenvalue weighted by molar-refractivity contribution is -0.129. The van der Waals surface area contributed by atoms with Gasteiger partial charge in [0.1, 0.15) is 11.4 Å². The molecule has 0 radical (unpaired) electrons. The van der Waals surface area contributed by atoms with Crippen LogP contribution in [-0.4, -0.2) is 61.6 Å². The standard InChI is InChI=1S/C33H37Cl2N3O4/c1-41-29-10-6-5-7-24(29)21-30(39)38-20-14-32(23-38,26-11-12-27(34)28(35)22-26)13-17-37-18-15-33(16-19-37,42-31(36)40)25-8-3-2-4-9-25/h2-12,22H,13-21,23H2,1H3,(H2,36,40). The lowest BCUT2D eigenvalue weighted by Crippen LogP contribution is -2.47. The van der Waals surface area contributed by atoms with Gasteiger partial charge >= 0.3 is 6.09 Å². The van der Waals surface area contributed by atoms with Crippen LogP contribution in [-0.2, 0) is 27.0 Å². The number of primary amides is 1. The molecule has 0 spiro atoms. The van der Waals surface area contributed by atoms with Crippen LogP contribution in [0.3, 0.4) is 0 Å². The summed E-state index contributed by atoms with van der Waals surface area (Å²) in [5.41, 5.74) is 7.45. The number of methoxy groups -OCH3 is 1. The molecule has 9 heteroatoms. The molecule has 3 aromatic rings. The summed E-state index contributed by atoms with van der Waals surface area (Å²) in [6.07, 6.45) is 2.52. The van der Waals surface area contributed by atoms with Gasteiger partial charge in [0.25, 0.3) is 0 Å². The summed E-state index contributed by atoms with van der Waals surface area (Å²) in [5, 5.41) is 1.03. The van der Waals surface area contributed by atoms with E-state index < -0.39 is 11.7 Å². The van der Waals surface area contributed by atoms with Gasteiger partial charge in [0.05, 0.1) is 23.6 Å². The van der Waals surface area contributed by atoms with Crippen molar-refractivity contribution in [3.63, 3.8) is 0 Å². The van der Waals surface area contributed by atoms with Gasteiger partial charge in [0.2, 0.25) is 5.91 Å². The van der Waals surface area contributed by atoms with E-state index in [2.05, 4.69) is 4.90 Å². The van der Waals surface area contributed by atoms with Crippen molar-refractivity contribution in [3.8, 4) is 5.75 Å². The van der Waals surface area contributed by atoms with Gasteiger partial charge in [-0.3, -0.25) is 4.79 Å². The number of hydrogen-bond donors (Lipinski definition) is 1. The average Bonchev–Trinajstić information content (AvgIpc) is 3.44. The highest BCUT2D eigenvalue weighted by molar-refractivity contribution is 6.42. The van der Waals surface area contributed by atoms with Gasteiger partial charge in [0.15, 0.2) is 0 Å². The van der Waals surface area contributed by atoms with Crippen LogP contribution >= 0.6 is 23.2 Å². The largest absolute Gasteiger partial charge is 0.496 e. The second kappa shape index (κ2) is 12.9. The molecule has 2 saturated heterocycles. The number of nitrogens with two attached hydrogens (primary N) is 1. The number of halogens is 2. The molecule has 0 saturated carbocycles. The van der Waals surface area contributed by atoms with E-state index in [1.54, 1.807) is 7.11 Å². The number of likely N-dealkylation sites (tertiary alicyclic amines) is 2. The molecule has 2 aliphatic rings. The van der Waals surface area contributed by atoms with Crippen molar-refractivity contribution in [3.05, 3.63) is 99.5 Å². The Morgan fingerprint density at radius 3 is 2.29 bits per heavy atom. The van der Waals surface area contributed by atoms with E-state index >= 15 is 0 Å². The Balaban J connectivity index is 1.31. The number of amides is 2. The molecule has 222 valence electrons. The van der Waals surface area contributed by atoms with Gasteiger partial charge in [-0.2, -0.15) is 0 Å². The van der Waals surface area contributed by atoms with E-state index in [1.165, 1.54) is 0 Å². The molecule has 2 N–H and O–H groups in total. The Kier molecular flexibility index (Phi) is 9.31. The summed E-state index contributed by atoms with van der Waals surface area (Å²) >= 11 is 12.8. The number of piperidine rings is 1. The molecule has 3 aromatic carbocycles. The monoisotopic (exact) mass is 609 g/mol. The highest BCUT2D eigenvalue weighted by Gasteiger charge is 2.43. The number of carbonyl (C=O) groups is 2. The molecule has 42 heavy (non-hydrogen) atoms. The van der Waals surface area contributed by atoms with Crippen LogP contribution in [0, 0.1) is 0 Å². The Morgan fingerprint density at radius 2 is 1.60 bits per heavy atom. The fourth-order valence-electron chi connectivity index (χ4n) is 6.51. The zero-order valence-corrected chi connectivity index (χ0v) is 25.4. The number of benzene rings is 3. The molecule has 7 nitrogen and oxygen atoms in total. The SMILES string of the molecule is COc1ccccc1CC(=O)N1CCC(CCN2CCC(OC(N)=O)(c3ccccc3)CC2)(c2ccc(Cl)c(Cl)c2)C1. The summed E-state index contributed by atoms with van der Waals surface area (Å²) in [6.45, 7) is 3.62. The maximum Gasteiger partial charge on any atom is 0.405 e. The Hall–Kier alpha value is -3.26. The van der Waals surface area contributed by atoms with Gasteiger partial charge in [-0.25, -0.2) is 4.79 Å². The summed E-state index contributed by atoms with van der Waals surface area (Å²) in [4.78, 5) is 29.7. The molecular weight excluding hydrogens is 573 g/mol. The fourth-order valence-corrected chi connectivity index (χ4v) is 6.81. The normalized spacial score (nSPS) is 20.3. The minimum absolute atomic E-state index is 0.0793. The second-order valence-electron chi connectivity index (χ2n) is 11.3. The lowest BCUT2D eigenvalue weighted by Gasteiger charge is -2.42. The Bertz CT molecular complexity index is 1410. The predicted octanol–water partition coefficient (Wildman–Crippen LogP) is 6.19. The summed E-state index contributed by atoms with van der Waals surface area (Å²) in [6, 6.07) is 23.3. The number of para-hydroxylation sites is 1. The first-order chi connectivity index (χ1) is 20.2. The molecule has 2 heterocycles. The van der Waals surface area contributed by atoms with Crippen LogP contribution in [0.15, 0.2) is 72.8 Å². The van der Waals surface area contributed by atoms with Crippen LogP contribution < -0.4 is 10.5 Å². The van der Waals surface area contributed by atoms with E-state index in [9.17, 15) is 9.59 Å². The van der Waals surface area contributed by atoms with Gasteiger partial charge in [-0.15, -0.1) is 0 Å². The highest BCUT2D eigenvalue weighted by atomic mass is 35.5. The van der Waals surface area contributed by atoms with Gasteiger partial charge < -0.3 is 25.0 Å². The van der Waals surface area contributed by atoms with E-state index in [0.717, 1.165) is 54.9 Å². The van der Waals surface area contributed by atoms with Crippen molar-refractivity contribution in [1.29, 1.82) is 0 Å². The van der Waals surface area contributed by atoms with E-state index in [-0.39, 0.29) is 17.7 Å². The molecular formula is C33H37Cl2N3O4. The maximum absolute atomic E-state index is 13.5. The fraction of sp³-hybridized carbons (Fsp3) is 0.394. The van der Waals surface area contributed by atoms with Crippen LogP contribution in [0.1, 0.15) is 42.4 Å². The van der Waals surface area contributed by atoms with Crippen molar-refractivity contribution < 1.29 is 19.1 Å². The summed E-state index contributed by atoms with van der Waals surface area (Å²) in [5.74, 6) is 0.799. The number of ether oxygens (including phenoxy) is 2. The topological polar surface area (TPSA) is 85.1 Å². The van der Waals surface area contributed by atoms with Crippen LogP contribution in [0.25, 0.3) is 0 Å². The minimum Gasteiger partial charge on any atom is -0.496 e. The molecule has 1 atom stereocenters. The highest BCUT2D eigenvalue weighted by Crippen LogP contribution is 2.42. The van der Waals surface area contributed by atoms with E-state index in [1.807, 2.05) is 77.7 Å². The minimum atomic E-state index is -0.755. The van der Waals surface area contributed by atoms with E-state index in [0.29, 0.717) is 36.0 Å². The van der Waals surface area contributed by atoms with Gasteiger partial charge in [-0.1, -0.05) is 77.8 Å². The third-order valence-corrected chi connectivity index (χ3v) is 9.68. The third kappa shape index (κ3) is 6.54. The number of hydrogen-bond acceptors (Lipinski definition) is 5. The maximum atomic E-state index is 13.5.